The van der Waals surface area contributed by atoms with E-state index in [1.165, 1.54) is 25.7 Å². The summed E-state index contributed by atoms with van der Waals surface area (Å²) >= 11 is 6.32. The highest BCUT2D eigenvalue weighted by molar-refractivity contribution is 6.31. The average Bonchev–Trinajstić information content (AvgIpc) is 2.65. The van der Waals surface area contributed by atoms with E-state index in [0.717, 1.165) is 34.7 Å². The number of rotatable bonds is 4. The van der Waals surface area contributed by atoms with Crippen LogP contribution < -0.4 is 5.73 Å². The van der Waals surface area contributed by atoms with E-state index in [4.69, 9.17) is 17.3 Å². The monoisotopic (exact) mass is 297 g/mol. The zero-order valence-corrected chi connectivity index (χ0v) is 14.0. The highest BCUT2D eigenvalue weighted by atomic mass is 35.5. The molecule has 114 valence electrons. The number of aryl methyl sites for hydroxylation is 2. The van der Waals surface area contributed by atoms with E-state index in [2.05, 4.69) is 18.9 Å². The van der Waals surface area contributed by atoms with Crippen LogP contribution in [0.2, 0.25) is 5.02 Å². The quantitative estimate of drug-likeness (QED) is 0.920. The molecule has 0 bridgehead atoms. The molecule has 0 aliphatic heterocycles. The zero-order chi connectivity index (χ0) is 14.9. The van der Waals surface area contributed by atoms with Gasteiger partial charge in [-0.1, -0.05) is 25.4 Å². The Morgan fingerprint density at radius 1 is 1.25 bits per heavy atom. The van der Waals surface area contributed by atoms with Gasteiger partial charge in [0.1, 0.15) is 0 Å². The largest absolute Gasteiger partial charge is 0.327 e. The maximum atomic E-state index is 6.45. The van der Waals surface area contributed by atoms with Crippen LogP contribution in [0.3, 0.4) is 0 Å². The van der Waals surface area contributed by atoms with Gasteiger partial charge in [0.05, 0.1) is 16.4 Å². The van der Waals surface area contributed by atoms with Crippen molar-refractivity contribution in [3.8, 4) is 0 Å². The van der Waals surface area contributed by atoms with E-state index < -0.39 is 0 Å². The molecule has 4 heteroatoms. The summed E-state index contributed by atoms with van der Waals surface area (Å²) in [6.45, 7) is 6.62. The minimum absolute atomic E-state index is 0.204. The average molecular weight is 298 g/mol. The molecule has 0 saturated heterocycles. The lowest BCUT2D eigenvalue weighted by atomic mass is 9.74. The molecular weight excluding hydrogens is 270 g/mol. The first kappa shape index (κ1) is 15.8. The van der Waals surface area contributed by atoms with Crippen molar-refractivity contribution in [1.82, 2.24) is 9.78 Å². The molecule has 1 aliphatic carbocycles. The summed E-state index contributed by atoms with van der Waals surface area (Å²) in [6, 6.07) is 0.204. The van der Waals surface area contributed by atoms with E-state index >= 15 is 0 Å². The van der Waals surface area contributed by atoms with Crippen molar-refractivity contribution >= 4 is 11.6 Å². The fourth-order valence-electron chi connectivity index (χ4n) is 3.53. The predicted molar refractivity (Wildman–Crippen MR) is 84.9 cm³/mol. The first-order chi connectivity index (χ1) is 9.40. The van der Waals surface area contributed by atoms with Gasteiger partial charge in [-0.25, -0.2) is 0 Å². The topological polar surface area (TPSA) is 43.8 Å². The van der Waals surface area contributed by atoms with E-state index in [9.17, 15) is 0 Å². The summed E-state index contributed by atoms with van der Waals surface area (Å²) in [5, 5.41) is 5.16. The first-order valence-electron chi connectivity index (χ1n) is 7.83. The molecule has 3 nitrogen and oxygen atoms in total. The number of nitrogens with zero attached hydrogens (tertiary/aromatic N) is 2. The van der Waals surface area contributed by atoms with Gasteiger partial charge in [-0.15, -0.1) is 0 Å². The smallest absolute Gasteiger partial charge is 0.0847 e. The first-order valence-corrected chi connectivity index (χ1v) is 8.21. The van der Waals surface area contributed by atoms with Crippen LogP contribution in [0.4, 0.5) is 0 Å². The molecule has 1 aromatic rings. The second-order valence-corrected chi connectivity index (χ2v) is 7.13. The molecule has 1 unspecified atom stereocenters. The van der Waals surface area contributed by atoms with Crippen molar-refractivity contribution < 1.29 is 0 Å². The van der Waals surface area contributed by atoms with E-state index in [1.807, 2.05) is 18.7 Å². The molecule has 2 N–H and O–H groups in total. The molecule has 2 rings (SSSR count). The highest BCUT2D eigenvalue weighted by Crippen LogP contribution is 2.35. The molecule has 0 aromatic carbocycles. The molecule has 1 atom stereocenters. The van der Waals surface area contributed by atoms with Crippen LogP contribution in [-0.2, 0) is 13.5 Å². The Morgan fingerprint density at radius 3 is 2.25 bits per heavy atom. The van der Waals surface area contributed by atoms with Crippen LogP contribution in [0.1, 0.15) is 50.9 Å². The highest BCUT2D eigenvalue weighted by Gasteiger charge is 2.28. The maximum Gasteiger partial charge on any atom is 0.0847 e. The molecule has 0 amide bonds. The lowest BCUT2D eigenvalue weighted by Gasteiger charge is -2.34. The van der Waals surface area contributed by atoms with Crippen LogP contribution in [0.15, 0.2) is 0 Å². The minimum atomic E-state index is 0.204. The third-order valence-electron chi connectivity index (χ3n) is 5.06. The summed E-state index contributed by atoms with van der Waals surface area (Å²) in [5.41, 5.74) is 8.44. The second kappa shape index (κ2) is 6.48. The Bertz CT molecular complexity index is 445. The lowest BCUT2D eigenvalue weighted by Crippen LogP contribution is -2.36. The number of nitrogens with two attached hydrogens (primary N) is 1. The van der Waals surface area contributed by atoms with Crippen LogP contribution >= 0.6 is 11.6 Å². The van der Waals surface area contributed by atoms with Crippen molar-refractivity contribution in [3.63, 3.8) is 0 Å². The molecule has 0 radical (unpaired) electrons. The van der Waals surface area contributed by atoms with Crippen LogP contribution in [0, 0.1) is 24.7 Å². The van der Waals surface area contributed by atoms with Gasteiger partial charge >= 0.3 is 0 Å². The Kier molecular flexibility index (Phi) is 5.14. The molecule has 1 saturated carbocycles. The van der Waals surface area contributed by atoms with Crippen molar-refractivity contribution in [2.24, 2.45) is 30.5 Å². The summed E-state index contributed by atoms with van der Waals surface area (Å²) in [5.74, 6) is 2.33. The van der Waals surface area contributed by atoms with E-state index in [0.29, 0.717) is 5.92 Å². The standard InChI is InChI=1S/C16H28ClN3/c1-10(2)12-5-7-13(8-6-12)14(18)9-15-16(17)11(3)19-20(15)4/h10,12-14H,5-9,18H2,1-4H3. The van der Waals surface area contributed by atoms with Gasteiger partial charge in [0.15, 0.2) is 0 Å². The second-order valence-electron chi connectivity index (χ2n) is 6.76. The molecular formula is C16H28ClN3. The van der Waals surface area contributed by atoms with Crippen molar-refractivity contribution in [2.45, 2.75) is 58.9 Å². The summed E-state index contributed by atoms with van der Waals surface area (Å²) in [6.07, 6.45) is 6.02. The Hall–Kier alpha value is -0.540. The zero-order valence-electron chi connectivity index (χ0n) is 13.2. The lowest BCUT2D eigenvalue weighted by molar-refractivity contribution is 0.202. The number of aromatic nitrogens is 2. The summed E-state index contributed by atoms with van der Waals surface area (Å²) < 4.78 is 1.89. The van der Waals surface area contributed by atoms with Crippen molar-refractivity contribution in [3.05, 3.63) is 16.4 Å². The number of hydrogen-bond donors (Lipinski definition) is 1. The third-order valence-corrected chi connectivity index (χ3v) is 5.55. The van der Waals surface area contributed by atoms with E-state index in [-0.39, 0.29) is 6.04 Å². The normalized spacial score (nSPS) is 25.1. The van der Waals surface area contributed by atoms with Gasteiger partial charge in [-0.2, -0.15) is 5.10 Å². The fraction of sp³-hybridized carbons (Fsp3) is 0.812. The Labute approximate surface area is 127 Å². The van der Waals surface area contributed by atoms with Crippen molar-refractivity contribution in [1.29, 1.82) is 0 Å². The van der Waals surface area contributed by atoms with Gasteiger partial charge < -0.3 is 5.73 Å². The van der Waals surface area contributed by atoms with Crippen LogP contribution in [0.25, 0.3) is 0 Å². The predicted octanol–water partition coefficient (Wildman–Crippen LogP) is 3.71. The van der Waals surface area contributed by atoms with Crippen LogP contribution in [0.5, 0.6) is 0 Å². The molecule has 0 spiro atoms. The van der Waals surface area contributed by atoms with Gasteiger partial charge in [-0.3, -0.25) is 4.68 Å². The maximum absolute atomic E-state index is 6.45. The van der Waals surface area contributed by atoms with E-state index in [1.54, 1.807) is 0 Å². The minimum Gasteiger partial charge on any atom is -0.327 e. The molecule has 1 aromatic heterocycles. The SMILES string of the molecule is Cc1nn(C)c(CC(N)C2CCC(C(C)C)CC2)c1Cl. The molecule has 1 fully saturated rings. The van der Waals surface area contributed by atoms with Gasteiger partial charge in [0.2, 0.25) is 0 Å². The molecule has 1 heterocycles. The van der Waals surface area contributed by atoms with Gasteiger partial charge in [0, 0.05) is 19.5 Å². The number of halogens is 1. The number of hydrogen-bond acceptors (Lipinski definition) is 2. The molecule has 20 heavy (non-hydrogen) atoms. The Morgan fingerprint density at radius 2 is 1.80 bits per heavy atom. The van der Waals surface area contributed by atoms with Crippen LogP contribution in [-0.4, -0.2) is 15.8 Å². The van der Waals surface area contributed by atoms with Gasteiger partial charge in [0.25, 0.3) is 0 Å². The Balaban J connectivity index is 1.94. The third kappa shape index (κ3) is 3.37. The molecule has 1 aliphatic rings. The summed E-state index contributed by atoms with van der Waals surface area (Å²) in [7, 11) is 1.95. The van der Waals surface area contributed by atoms with Gasteiger partial charge in [-0.05, 0) is 50.4 Å². The fourth-order valence-corrected chi connectivity index (χ4v) is 3.77. The summed E-state index contributed by atoms with van der Waals surface area (Å²) in [4.78, 5) is 0. The van der Waals surface area contributed by atoms with Crippen molar-refractivity contribution in [2.75, 3.05) is 0 Å².